The van der Waals surface area contributed by atoms with Crippen molar-refractivity contribution in [3.63, 3.8) is 0 Å². The van der Waals surface area contributed by atoms with Gasteiger partial charge in [-0.25, -0.2) is 0 Å². The van der Waals surface area contributed by atoms with Gasteiger partial charge in [0.15, 0.2) is 0 Å². The van der Waals surface area contributed by atoms with E-state index in [0.29, 0.717) is 5.41 Å². The Morgan fingerprint density at radius 2 is 0.798 bits per heavy atom. The molecule has 0 heterocycles. The fourth-order valence-corrected chi connectivity index (χ4v) is 11.1. The number of benzene rings is 6. The van der Waals surface area contributed by atoms with E-state index in [2.05, 4.69) is 307 Å². The molecule has 6 aromatic rings. The highest BCUT2D eigenvalue weighted by Gasteiger charge is 2.26. The summed E-state index contributed by atoms with van der Waals surface area (Å²) in [5, 5.41) is 0. The zero-order valence-electron chi connectivity index (χ0n) is 51.6. The SMILES string of the molecule is C.C.C.C.C.C.CC(C)(C)C1=CCc2ccccc21.CC(C)(C)C1=Cc2ccccc2C1.CC(C)(C)c1ccc2c(c1)C=CC2.CC(C)(C)c1ccc2c(c1)CC=C2.CC(C)(C)c1cccc2c1C=CC2.CC(C)(C)c1cccc2c1CC=C2. The Morgan fingerprint density at radius 1 is 0.310 bits per heavy atom. The summed E-state index contributed by atoms with van der Waals surface area (Å²) < 4.78 is 0. The highest BCUT2D eigenvalue weighted by atomic mass is 14.3. The molecule has 0 radical (unpaired) electrons. The maximum Gasteiger partial charge on any atom is -0.00526 e. The maximum absolute atomic E-state index is 2.37. The van der Waals surface area contributed by atoms with Crippen molar-refractivity contribution in [3.05, 3.63) is 246 Å². The Hall–Kier alpha value is -6.24. The lowest BCUT2D eigenvalue weighted by atomic mass is 9.82. The molecule has 0 aliphatic heterocycles. The van der Waals surface area contributed by atoms with Crippen molar-refractivity contribution in [2.75, 3.05) is 0 Å². The Balaban J connectivity index is 0.000000497. The molecule has 0 fully saturated rings. The Kier molecular flexibility index (Phi) is 27.7. The fraction of sp³-hybridized carbons (Fsp3) is 0.429. The number of allylic oxidation sites excluding steroid dienone is 7. The summed E-state index contributed by atoms with van der Waals surface area (Å²) in [6.07, 6.45) is 29.3. The highest BCUT2D eigenvalue weighted by Crippen LogP contribution is 2.40. The normalized spacial score (nSPS) is 13.9. The second kappa shape index (κ2) is 30.7. The summed E-state index contributed by atoms with van der Waals surface area (Å²) in [6.45, 7) is 40.9. The molecule has 12 rings (SSSR count). The van der Waals surface area contributed by atoms with Crippen LogP contribution in [0.3, 0.4) is 0 Å². The second-order valence-corrected chi connectivity index (χ2v) is 28.5. The van der Waals surface area contributed by atoms with Gasteiger partial charge in [0.1, 0.15) is 0 Å². The molecule has 0 heteroatoms. The number of hydrogen-bond acceptors (Lipinski definition) is 0. The average Bonchev–Trinajstić information content (AvgIpc) is 4.32. The van der Waals surface area contributed by atoms with E-state index in [1.807, 2.05) is 0 Å². The monoisotopic (exact) mass is 1130 g/mol. The van der Waals surface area contributed by atoms with Crippen LogP contribution in [0, 0.1) is 10.8 Å². The van der Waals surface area contributed by atoms with Crippen LogP contribution in [0.5, 0.6) is 0 Å². The van der Waals surface area contributed by atoms with Crippen LogP contribution in [0.15, 0.2) is 157 Å². The Morgan fingerprint density at radius 3 is 1.40 bits per heavy atom. The fourth-order valence-electron chi connectivity index (χ4n) is 11.1. The summed E-state index contributed by atoms with van der Waals surface area (Å²) in [7, 11) is 0. The third-order valence-corrected chi connectivity index (χ3v) is 15.9. The Bertz CT molecular complexity index is 3240. The van der Waals surface area contributed by atoms with E-state index in [0.717, 1.165) is 38.5 Å². The molecule has 6 aliphatic rings. The third-order valence-electron chi connectivity index (χ3n) is 15.9. The van der Waals surface area contributed by atoms with Gasteiger partial charge in [-0.1, -0.05) is 357 Å². The zero-order chi connectivity index (χ0) is 56.8. The molecule has 0 saturated heterocycles. The van der Waals surface area contributed by atoms with E-state index in [-0.39, 0.29) is 71.6 Å². The van der Waals surface area contributed by atoms with E-state index in [1.54, 1.807) is 5.57 Å². The van der Waals surface area contributed by atoms with Crippen LogP contribution in [0.4, 0.5) is 0 Å². The van der Waals surface area contributed by atoms with Gasteiger partial charge in [-0.3, -0.25) is 0 Å². The molecular weight excluding hydrogens is 1010 g/mol. The number of hydrogen-bond donors (Lipinski definition) is 0. The van der Waals surface area contributed by atoms with Crippen molar-refractivity contribution in [3.8, 4) is 0 Å². The molecule has 0 nitrogen and oxygen atoms in total. The first-order valence-corrected chi connectivity index (χ1v) is 29.2. The summed E-state index contributed by atoms with van der Waals surface area (Å²) in [4.78, 5) is 0. The predicted molar refractivity (Wildman–Crippen MR) is 387 cm³/mol. The van der Waals surface area contributed by atoms with Crippen LogP contribution in [0.2, 0.25) is 0 Å². The average molecular weight is 1130 g/mol. The quantitative estimate of drug-likeness (QED) is 0.142. The van der Waals surface area contributed by atoms with Gasteiger partial charge in [-0.15, -0.1) is 0 Å². The minimum Gasteiger partial charge on any atom is -0.0795 e. The number of fused-ring (bicyclic) bond motifs is 6. The molecule has 0 aromatic heterocycles. The molecular formula is C84H120. The highest BCUT2D eigenvalue weighted by molar-refractivity contribution is 5.76. The summed E-state index contributed by atoms with van der Waals surface area (Å²) >= 11 is 0. The zero-order valence-corrected chi connectivity index (χ0v) is 51.6. The van der Waals surface area contributed by atoms with Gasteiger partial charge >= 0.3 is 0 Å². The van der Waals surface area contributed by atoms with Gasteiger partial charge in [0, 0.05) is 0 Å². The standard InChI is InChI=1S/6C13H16.6CH4/c2*1-13(2,3)12-9-5-7-10-6-4-8-11(10)12;2*1-13(2,3)12-8-7-10-5-4-6-11(10)9-12;1-13(2,3)12-8-10-6-4-5-7-11(10)9-12;1-13(2,3)12-9-8-10-6-4-5-7-11(10)12;;;;;;/h4-5,7-9H,6H2,1-3H3;4-7,9H,8H2,1-3H3;4,6-9H,5H2,1-3H3;4-5,7-9H,6H2,1-3H3;4-8H,9H2,1-3H3;4-7,9H,8H2,1-3H3;6*1H4. The van der Waals surface area contributed by atoms with Gasteiger partial charge < -0.3 is 0 Å². The molecule has 6 aliphatic carbocycles. The van der Waals surface area contributed by atoms with Crippen LogP contribution in [-0.2, 0) is 60.2 Å². The first-order valence-electron chi connectivity index (χ1n) is 29.2. The van der Waals surface area contributed by atoms with Crippen LogP contribution in [-0.4, -0.2) is 0 Å². The molecule has 0 spiro atoms. The van der Waals surface area contributed by atoms with Crippen LogP contribution in [0.1, 0.15) is 258 Å². The molecule has 84 heavy (non-hydrogen) atoms. The minimum absolute atomic E-state index is 0. The van der Waals surface area contributed by atoms with Gasteiger partial charge in [0.25, 0.3) is 0 Å². The molecule has 6 aromatic carbocycles. The summed E-state index contributed by atoms with van der Waals surface area (Å²) in [6, 6.07) is 44.3. The molecule has 0 bridgehead atoms. The van der Waals surface area contributed by atoms with E-state index in [9.17, 15) is 0 Å². The van der Waals surface area contributed by atoms with Crippen molar-refractivity contribution in [1.29, 1.82) is 0 Å². The van der Waals surface area contributed by atoms with E-state index < -0.39 is 0 Å². The van der Waals surface area contributed by atoms with Crippen LogP contribution >= 0.6 is 0 Å². The number of rotatable bonds is 0. The summed E-state index contributed by atoms with van der Waals surface area (Å²) in [5.74, 6) is 0. The maximum atomic E-state index is 2.37. The minimum atomic E-state index is 0. The van der Waals surface area contributed by atoms with Gasteiger partial charge in [0.05, 0.1) is 0 Å². The van der Waals surface area contributed by atoms with Crippen molar-refractivity contribution >= 4 is 36.0 Å². The van der Waals surface area contributed by atoms with Gasteiger partial charge in [-0.2, -0.15) is 0 Å². The van der Waals surface area contributed by atoms with Gasteiger partial charge in [-0.05, 0) is 166 Å². The van der Waals surface area contributed by atoms with Crippen molar-refractivity contribution in [2.45, 2.75) is 229 Å². The molecule has 0 unspecified atom stereocenters. The molecule has 0 atom stereocenters. The van der Waals surface area contributed by atoms with E-state index >= 15 is 0 Å². The largest absolute Gasteiger partial charge is 0.0795 e. The molecule has 0 amide bonds. The smallest absolute Gasteiger partial charge is 0.00526 e. The van der Waals surface area contributed by atoms with E-state index in [4.69, 9.17) is 0 Å². The second-order valence-electron chi connectivity index (χ2n) is 28.5. The van der Waals surface area contributed by atoms with Crippen molar-refractivity contribution in [1.82, 2.24) is 0 Å². The van der Waals surface area contributed by atoms with Crippen molar-refractivity contribution < 1.29 is 0 Å². The lowest BCUT2D eigenvalue weighted by molar-refractivity contribution is 0.498. The first kappa shape index (κ1) is 75.8. The van der Waals surface area contributed by atoms with Gasteiger partial charge in [0.2, 0.25) is 0 Å². The lowest BCUT2D eigenvalue weighted by Gasteiger charge is -2.22. The topological polar surface area (TPSA) is 0 Å². The molecule has 456 valence electrons. The van der Waals surface area contributed by atoms with E-state index in [1.165, 1.54) is 94.6 Å². The van der Waals surface area contributed by atoms with Crippen molar-refractivity contribution in [2.24, 2.45) is 10.8 Å². The molecule has 0 N–H and O–H groups in total. The first-order chi connectivity index (χ1) is 36.5. The third kappa shape index (κ3) is 19.7. The van der Waals surface area contributed by atoms with Crippen LogP contribution in [0.25, 0.3) is 36.0 Å². The lowest BCUT2D eigenvalue weighted by Crippen LogP contribution is -2.13. The summed E-state index contributed by atoms with van der Waals surface area (Å²) in [5.41, 5.74) is 28.0. The predicted octanol–water partition coefficient (Wildman–Crippen LogP) is 25.4. The Labute approximate surface area is 519 Å². The van der Waals surface area contributed by atoms with Crippen LogP contribution < -0.4 is 0 Å². The molecule has 0 saturated carbocycles.